The molecule has 1 aliphatic rings. The molecule has 0 aromatic heterocycles. The minimum absolute atomic E-state index is 0.300. The number of ether oxygens (including phenoxy) is 1. The maximum atomic E-state index is 10.3. The van der Waals surface area contributed by atoms with E-state index in [9.17, 15) is 5.11 Å². The maximum Gasteiger partial charge on any atom is 0.119 e. The van der Waals surface area contributed by atoms with E-state index in [0.717, 1.165) is 38.3 Å². The number of aliphatic hydroxyl groups excluding tert-OH is 1. The van der Waals surface area contributed by atoms with Gasteiger partial charge in [-0.25, -0.2) is 0 Å². The largest absolute Gasteiger partial charge is 0.491 e. The van der Waals surface area contributed by atoms with Gasteiger partial charge in [0, 0.05) is 32.7 Å². The molecule has 0 radical (unpaired) electrons. The van der Waals surface area contributed by atoms with Gasteiger partial charge in [-0.1, -0.05) is 54.1 Å². The van der Waals surface area contributed by atoms with Crippen LogP contribution in [0.4, 0.5) is 0 Å². The summed E-state index contributed by atoms with van der Waals surface area (Å²) in [5, 5.41) is 10.3. The van der Waals surface area contributed by atoms with Crippen molar-refractivity contribution in [1.29, 1.82) is 0 Å². The molecule has 2 aromatic carbocycles. The molecule has 0 amide bonds. The van der Waals surface area contributed by atoms with Gasteiger partial charge in [0.05, 0.1) is 0 Å². The summed E-state index contributed by atoms with van der Waals surface area (Å²) in [6.45, 7) is 7.03. The second-order valence-corrected chi connectivity index (χ2v) is 7.83. The van der Waals surface area contributed by atoms with Gasteiger partial charge in [0.1, 0.15) is 18.5 Å². The van der Waals surface area contributed by atoms with E-state index in [1.54, 1.807) is 0 Å². The predicted molar refractivity (Wildman–Crippen MR) is 114 cm³/mol. The first-order chi connectivity index (χ1) is 13.6. The highest BCUT2D eigenvalue weighted by molar-refractivity contribution is 5.27. The molecule has 1 aliphatic heterocycles. The highest BCUT2D eigenvalue weighted by atomic mass is 16.5. The van der Waals surface area contributed by atoms with E-state index in [1.807, 2.05) is 37.4 Å². The van der Waals surface area contributed by atoms with Crippen molar-refractivity contribution in [2.75, 3.05) is 33.3 Å². The molecular weight excluding hydrogens is 348 g/mol. The van der Waals surface area contributed by atoms with Gasteiger partial charge in [0.2, 0.25) is 0 Å². The minimum Gasteiger partial charge on any atom is -0.491 e. The van der Waals surface area contributed by atoms with Crippen LogP contribution in [0, 0.1) is 0 Å². The lowest BCUT2D eigenvalue weighted by Crippen LogP contribution is -2.32. The third kappa shape index (κ3) is 6.79. The monoisotopic (exact) mass is 380 g/mol. The normalized spacial score (nSPS) is 16.1. The Bertz CT molecular complexity index is 743. The number of hydrogen-bond donors (Lipinski definition) is 1. The van der Waals surface area contributed by atoms with Crippen LogP contribution in [-0.2, 0) is 13.1 Å². The lowest BCUT2D eigenvalue weighted by Gasteiger charge is -2.25. The Balaban J connectivity index is 1.39. The molecule has 0 saturated heterocycles. The molecule has 0 saturated carbocycles. The van der Waals surface area contributed by atoms with Gasteiger partial charge in [0.15, 0.2) is 0 Å². The fourth-order valence-electron chi connectivity index (χ4n) is 3.47. The molecule has 2 aromatic rings. The lowest BCUT2D eigenvalue weighted by molar-refractivity contribution is 0.0744. The summed E-state index contributed by atoms with van der Waals surface area (Å²) in [5.41, 5.74) is 4.03. The van der Waals surface area contributed by atoms with Crippen LogP contribution in [0.2, 0.25) is 0 Å². The molecule has 1 N–H and O–H groups in total. The Labute approximate surface area is 169 Å². The zero-order chi connectivity index (χ0) is 19.8. The molecule has 1 unspecified atom stereocenters. The van der Waals surface area contributed by atoms with Crippen LogP contribution in [0.15, 0.2) is 66.2 Å². The van der Waals surface area contributed by atoms with E-state index in [-0.39, 0.29) is 0 Å². The quantitative estimate of drug-likeness (QED) is 0.673. The van der Waals surface area contributed by atoms with Crippen LogP contribution in [0.3, 0.4) is 0 Å². The first kappa shape index (κ1) is 20.6. The zero-order valence-electron chi connectivity index (χ0n) is 17.1. The van der Waals surface area contributed by atoms with Gasteiger partial charge < -0.3 is 9.84 Å². The predicted octanol–water partition coefficient (Wildman–Crippen LogP) is 3.71. The van der Waals surface area contributed by atoms with Gasteiger partial charge in [-0.3, -0.25) is 9.80 Å². The number of rotatable bonds is 9. The van der Waals surface area contributed by atoms with E-state index < -0.39 is 6.10 Å². The summed E-state index contributed by atoms with van der Waals surface area (Å²) in [6.07, 6.45) is 2.96. The first-order valence-electron chi connectivity index (χ1n) is 10.1. The molecule has 0 bridgehead atoms. The van der Waals surface area contributed by atoms with Crippen molar-refractivity contribution in [1.82, 2.24) is 9.80 Å². The standard InChI is InChI=1S/C24H32N2O2/c1-20-12-14-26(15-13-20)17-22-8-10-24(11-9-22)28-19-23(27)18-25(2)16-21-6-4-3-5-7-21/h3-12,23,27H,13-19H2,1-2H3. The highest BCUT2D eigenvalue weighted by Crippen LogP contribution is 2.17. The third-order valence-electron chi connectivity index (χ3n) is 5.11. The van der Waals surface area contributed by atoms with Crippen molar-refractivity contribution in [3.63, 3.8) is 0 Å². The molecule has 3 rings (SSSR count). The van der Waals surface area contributed by atoms with Crippen molar-refractivity contribution in [3.8, 4) is 5.75 Å². The van der Waals surface area contributed by atoms with Crippen molar-refractivity contribution in [2.24, 2.45) is 0 Å². The Kier molecular flexibility index (Phi) is 7.66. The molecule has 0 fully saturated rings. The van der Waals surface area contributed by atoms with E-state index in [2.05, 4.69) is 47.1 Å². The van der Waals surface area contributed by atoms with Crippen molar-refractivity contribution < 1.29 is 9.84 Å². The van der Waals surface area contributed by atoms with E-state index in [4.69, 9.17) is 4.74 Å². The molecular formula is C24H32N2O2. The molecule has 0 spiro atoms. The van der Waals surface area contributed by atoms with Crippen LogP contribution < -0.4 is 4.74 Å². The fraction of sp³-hybridized carbons (Fsp3) is 0.417. The lowest BCUT2D eigenvalue weighted by atomic mass is 10.1. The Morgan fingerprint density at radius 3 is 2.50 bits per heavy atom. The zero-order valence-corrected chi connectivity index (χ0v) is 17.1. The van der Waals surface area contributed by atoms with Crippen molar-refractivity contribution in [3.05, 3.63) is 77.4 Å². The average Bonchev–Trinajstić information content (AvgIpc) is 2.70. The molecule has 4 heteroatoms. The topological polar surface area (TPSA) is 35.9 Å². The van der Waals surface area contributed by atoms with Crippen LogP contribution in [0.5, 0.6) is 5.75 Å². The second-order valence-electron chi connectivity index (χ2n) is 7.83. The molecule has 4 nitrogen and oxygen atoms in total. The van der Waals surface area contributed by atoms with Gasteiger partial charge >= 0.3 is 0 Å². The Hall–Kier alpha value is -2.14. The Morgan fingerprint density at radius 1 is 1.07 bits per heavy atom. The highest BCUT2D eigenvalue weighted by Gasteiger charge is 2.11. The number of benzene rings is 2. The summed E-state index contributed by atoms with van der Waals surface area (Å²) in [4.78, 5) is 4.57. The third-order valence-corrected chi connectivity index (χ3v) is 5.11. The molecule has 28 heavy (non-hydrogen) atoms. The van der Waals surface area contributed by atoms with Crippen LogP contribution >= 0.6 is 0 Å². The second kappa shape index (κ2) is 10.4. The average molecular weight is 381 g/mol. The summed E-state index contributed by atoms with van der Waals surface area (Å²) >= 11 is 0. The van der Waals surface area contributed by atoms with Gasteiger partial charge in [-0.05, 0) is 43.7 Å². The summed E-state index contributed by atoms with van der Waals surface area (Å²) < 4.78 is 5.78. The minimum atomic E-state index is -0.517. The van der Waals surface area contributed by atoms with E-state index >= 15 is 0 Å². The van der Waals surface area contributed by atoms with E-state index in [0.29, 0.717) is 13.2 Å². The molecule has 1 atom stereocenters. The summed E-state index contributed by atoms with van der Waals surface area (Å²) in [5.74, 6) is 0.808. The van der Waals surface area contributed by atoms with Crippen molar-refractivity contribution >= 4 is 0 Å². The number of hydrogen-bond acceptors (Lipinski definition) is 4. The molecule has 1 heterocycles. The maximum absolute atomic E-state index is 10.3. The van der Waals surface area contributed by atoms with E-state index in [1.165, 1.54) is 16.7 Å². The summed E-state index contributed by atoms with van der Waals surface area (Å²) in [7, 11) is 2.02. The first-order valence-corrected chi connectivity index (χ1v) is 10.1. The molecule has 150 valence electrons. The van der Waals surface area contributed by atoms with Gasteiger partial charge in [-0.15, -0.1) is 0 Å². The summed E-state index contributed by atoms with van der Waals surface area (Å²) in [6, 6.07) is 18.5. The number of nitrogens with zero attached hydrogens (tertiary/aromatic N) is 2. The molecule has 0 aliphatic carbocycles. The SMILES string of the molecule is CC1=CCN(Cc2ccc(OCC(O)CN(C)Cc3ccccc3)cc2)CC1. The van der Waals surface area contributed by atoms with Crippen LogP contribution in [0.1, 0.15) is 24.5 Å². The van der Waals surface area contributed by atoms with Crippen molar-refractivity contribution in [2.45, 2.75) is 32.5 Å². The number of likely N-dealkylation sites (N-methyl/N-ethyl adjacent to an activating group) is 1. The fourth-order valence-corrected chi connectivity index (χ4v) is 3.47. The van der Waals surface area contributed by atoms with Crippen LogP contribution in [-0.4, -0.2) is 54.3 Å². The smallest absolute Gasteiger partial charge is 0.119 e. The van der Waals surface area contributed by atoms with Gasteiger partial charge in [-0.2, -0.15) is 0 Å². The number of aliphatic hydroxyl groups is 1. The van der Waals surface area contributed by atoms with Gasteiger partial charge in [0.25, 0.3) is 0 Å². The Morgan fingerprint density at radius 2 is 1.82 bits per heavy atom. The van der Waals surface area contributed by atoms with Crippen LogP contribution in [0.25, 0.3) is 0 Å².